The second-order valence-corrected chi connectivity index (χ2v) is 10.7. The number of nitrogens with zero attached hydrogens (tertiary/aromatic N) is 2. The van der Waals surface area contributed by atoms with E-state index >= 15 is 0 Å². The molecule has 0 saturated heterocycles. The Morgan fingerprint density at radius 1 is 1.27 bits per heavy atom. The third-order valence-electron chi connectivity index (χ3n) is 5.89. The molecule has 2 aromatic rings. The van der Waals surface area contributed by atoms with Gasteiger partial charge in [-0.05, 0) is 61.9 Å². The third kappa shape index (κ3) is 6.50. The average molecular weight is 498 g/mol. The van der Waals surface area contributed by atoms with Crippen LogP contribution in [0, 0.1) is 5.92 Å². The zero-order chi connectivity index (χ0) is 24.0. The second-order valence-electron chi connectivity index (χ2n) is 8.46. The number of amides is 1. The van der Waals surface area contributed by atoms with Gasteiger partial charge in [0, 0.05) is 30.4 Å². The molecule has 1 amide bonds. The average Bonchev–Trinajstić information content (AvgIpc) is 2.83. The van der Waals surface area contributed by atoms with Crippen LogP contribution in [0.1, 0.15) is 48.5 Å². The van der Waals surface area contributed by atoms with Crippen molar-refractivity contribution in [2.24, 2.45) is 5.92 Å². The fraction of sp³-hybridized carbons (Fsp3) is 0.478. The minimum Gasteiger partial charge on any atom is -0.394 e. The number of carbonyl (C=O) groups excluding carboxylic acids is 1. The number of pyridine rings is 1. The number of aliphatic hydroxyl groups excluding tert-OH is 1. The highest BCUT2D eigenvalue weighted by Gasteiger charge is 2.35. The number of hydrogen-bond donors (Lipinski definition) is 2. The minimum atomic E-state index is -3.91. The molecule has 3 rings (SSSR count). The first-order valence-electron chi connectivity index (χ1n) is 10.9. The molecule has 1 aromatic heterocycles. The molecule has 1 saturated carbocycles. The van der Waals surface area contributed by atoms with Crippen molar-refractivity contribution in [1.82, 2.24) is 14.6 Å². The molecule has 1 fully saturated rings. The first kappa shape index (κ1) is 25.6. The zero-order valence-electron chi connectivity index (χ0n) is 18.5. The van der Waals surface area contributed by atoms with Crippen LogP contribution in [-0.2, 0) is 16.6 Å². The first-order valence-corrected chi connectivity index (χ1v) is 12.8. The summed E-state index contributed by atoms with van der Waals surface area (Å²) >= 11 is 5.83. The number of hydrogen-bond acceptors (Lipinski definition) is 5. The van der Waals surface area contributed by atoms with Gasteiger partial charge in [0.2, 0.25) is 10.0 Å². The lowest BCUT2D eigenvalue weighted by atomic mass is 9.86. The molecule has 10 heteroatoms. The molecule has 0 radical (unpaired) electrons. The third-order valence-corrected chi connectivity index (χ3v) is 8.00. The highest BCUT2D eigenvalue weighted by molar-refractivity contribution is 7.89. The zero-order valence-corrected chi connectivity index (χ0v) is 20.0. The minimum absolute atomic E-state index is 0.0308. The lowest BCUT2D eigenvalue weighted by molar-refractivity contribution is 0.0922. The molecule has 180 valence electrons. The highest BCUT2D eigenvalue weighted by atomic mass is 35.5. The molecule has 33 heavy (non-hydrogen) atoms. The van der Waals surface area contributed by atoms with Gasteiger partial charge in [-0.25, -0.2) is 13.4 Å². The molecular formula is C23H29ClFN3O4S. The summed E-state index contributed by atoms with van der Waals surface area (Å²) < 4.78 is 41.9. The number of aromatic nitrogens is 1. The van der Waals surface area contributed by atoms with Gasteiger partial charge in [0.25, 0.3) is 5.91 Å². The van der Waals surface area contributed by atoms with Gasteiger partial charge in [-0.15, -0.1) is 0 Å². The molecule has 7 nitrogen and oxygen atoms in total. The summed E-state index contributed by atoms with van der Waals surface area (Å²) in [4.78, 5) is 16.2. The van der Waals surface area contributed by atoms with Crippen molar-refractivity contribution < 1.29 is 22.7 Å². The number of nitrogens with one attached hydrogen (secondary N) is 1. The fourth-order valence-corrected chi connectivity index (χ4v) is 5.73. The van der Waals surface area contributed by atoms with E-state index in [4.69, 9.17) is 16.7 Å². The van der Waals surface area contributed by atoms with Crippen molar-refractivity contribution in [2.75, 3.05) is 13.3 Å². The lowest BCUT2D eigenvalue weighted by Gasteiger charge is -2.36. The Morgan fingerprint density at radius 3 is 2.61 bits per heavy atom. The Kier molecular flexibility index (Phi) is 8.81. The van der Waals surface area contributed by atoms with Gasteiger partial charge in [-0.2, -0.15) is 4.31 Å². The van der Waals surface area contributed by atoms with Crippen LogP contribution in [-0.4, -0.2) is 54.1 Å². The van der Waals surface area contributed by atoms with Gasteiger partial charge in [0.1, 0.15) is 10.0 Å². The van der Waals surface area contributed by atoms with Crippen LogP contribution in [0.4, 0.5) is 4.39 Å². The number of halogens is 2. The number of rotatable bonds is 9. The molecule has 0 bridgehead atoms. The molecule has 1 heterocycles. The molecule has 2 N–H and O–H groups in total. The SMILES string of the molecule is C[C@H](CO)NC(=O)c1ccc(CN(C2CCCC(CF)C2)S(=O)(=O)c2ccc(Cl)nc2)cc1. The van der Waals surface area contributed by atoms with Crippen molar-refractivity contribution in [3.05, 3.63) is 58.9 Å². The summed E-state index contributed by atoms with van der Waals surface area (Å²) in [6.45, 7) is 1.14. The van der Waals surface area contributed by atoms with Gasteiger partial charge in [-0.1, -0.05) is 30.2 Å². The van der Waals surface area contributed by atoms with Crippen molar-refractivity contribution in [3.8, 4) is 0 Å². The van der Waals surface area contributed by atoms with Gasteiger partial charge in [0.05, 0.1) is 13.3 Å². The number of sulfonamides is 1. The van der Waals surface area contributed by atoms with E-state index in [9.17, 15) is 17.6 Å². The first-order chi connectivity index (χ1) is 15.7. The van der Waals surface area contributed by atoms with Crippen LogP contribution in [0.2, 0.25) is 5.15 Å². The van der Waals surface area contributed by atoms with E-state index in [1.165, 1.54) is 22.6 Å². The van der Waals surface area contributed by atoms with Crippen LogP contribution in [0.25, 0.3) is 0 Å². The predicted molar refractivity (Wildman–Crippen MR) is 124 cm³/mol. The molecule has 1 aliphatic rings. The van der Waals surface area contributed by atoms with E-state index in [-0.39, 0.29) is 47.1 Å². The van der Waals surface area contributed by atoms with Crippen LogP contribution in [0.3, 0.4) is 0 Å². The Bertz CT molecular complexity index is 1030. The summed E-state index contributed by atoms with van der Waals surface area (Å²) in [5.74, 6) is -0.484. The van der Waals surface area contributed by atoms with Crippen LogP contribution in [0.5, 0.6) is 0 Å². The largest absolute Gasteiger partial charge is 0.394 e. The maximum atomic E-state index is 13.5. The van der Waals surface area contributed by atoms with E-state index in [1.807, 2.05) is 0 Å². The van der Waals surface area contributed by atoms with Crippen molar-refractivity contribution in [1.29, 1.82) is 0 Å². The number of carbonyl (C=O) groups is 1. The highest BCUT2D eigenvalue weighted by Crippen LogP contribution is 2.32. The summed E-state index contributed by atoms with van der Waals surface area (Å²) in [5, 5.41) is 12.0. The quantitative estimate of drug-likeness (QED) is 0.516. The Hall–Kier alpha value is -2.07. The molecule has 3 atom stereocenters. The standard InChI is InChI=1S/C23H29ClFN3O4S/c1-16(15-29)27-23(30)19-7-5-17(6-8-19)14-28(20-4-2-3-18(11-20)12-25)33(31,32)21-9-10-22(24)26-13-21/h5-10,13,16,18,20,29H,2-4,11-12,14-15H2,1H3,(H,27,30)/t16-,18?,20?/m1/s1. The normalized spacial score (nSPS) is 19.9. The number of benzene rings is 1. The van der Waals surface area contributed by atoms with E-state index in [2.05, 4.69) is 10.3 Å². The van der Waals surface area contributed by atoms with Gasteiger partial charge >= 0.3 is 0 Å². The second kappa shape index (κ2) is 11.4. The van der Waals surface area contributed by atoms with Gasteiger partial charge in [0.15, 0.2) is 0 Å². The van der Waals surface area contributed by atoms with Crippen molar-refractivity contribution in [2.45, 2.75) is 56.1 Å². The molecule has 1 aromatic carbocycles. The van der Waals surface area contributed by atoms with Gasteiger partial charge < -0.3 is 10.4 Å². The smallest absolute Gasteiger partial charge is 0.251 e. The Labute approximate surface area is 199 Å². The monoisotopic (exact) mass is 497 g/mol. The van der Waals surface area contributed by atoms with E-state index in [0.29, 0.717) is 24.0 Å². The summed E-state index contributed by atoms with van der Waals surface area (Å²) in [6.07, 6.45) is 3.84. The van der Waals surface area contributed by atoms with E-state index < -0.39 is 16.7 Å². The Balaban J connectivity index is 1.87. The van der Waals surface area contributed by atoms with Crippen molar-refractivity contribution >= 4 is 27.5 Å². The fourth-order valence-electron chi connectivity index (χ4n) is 4.02. The molecule has 0 spiro atoms. The van der Waals surface area contributed by atoms with Crippen LogP contribution in [0.15, 0.2) is 47.5 Å². The maximum absolute atomic E-state index is 13.5. The predicted octanol–water partition coefficient (Wildman–Crippen LogP) is 3.56. The number of alkyl halides is 1. The van der Waals surface area contributed by atoms with Crippen LogP contribution >= 0.6 is 11.6 Å². The molecule has 0 aliphatic heterocycles. The summed E-state index contributed by atoms with van der Waals surface area (Å²) in [5.41, 5.74) is 1.11. The topological polar surface area (TPSA) is 99.6 Å². The summed E-state index contributed by atoms with van der Waals surface area (Å²) in [7, 11) is -3.91. The number of aliphatic hydroxyl groups is 1. The van der Waals surface area contributed by atoms with E-state index in [1.54, 1.807) is 31.2 Å². The molecular weight excluding hydrogens is 469 g/mol. The van der Waals surface area contributed by atoms with Crippen molar-refractivity contribution in [3.63, 3.8) is 0 Å². The lowest BCUT2D eigenvalue weighted by Crippen LogP contribution is -2.42. The van der Waals surface area contributed by atoms with E-state index in [0.717, 1.165) is 12.8 Å². The summed E-state index contributed by atoms with van der Waals surface area (Å²) in [6, 6.07) is 8.78. The maximum Gasteiger partial charge on any atom is 0.251 e. The molecule has 1 aliphatic carbocycles. The van der Waals surface area contributed by atoms with Crippen LogP contribution < -0.4 is 5.32 Å². The molecule has 2 unspecified atom stereocenters. The van der Waals surface area contributed by atoms with Gasteiger partial charge in [-0.3, -0.25) is 9.18 Å². The Morgan fingerprint density at radius 2 is 2.00 bits per heavy atom.